The largest absolute Gasteiger partial charge is 0.367 e. The molecule has 0 amide bonds. The zero-order chi connectivity index (χ0) is 10.4. The summed E-state index contributed by atoms with van der Waals surface area (Å²) < 4.78 is 5.55. The van der Waals surface area contributed by atoms with Gasteiger partial charge in [0.05, 0.1) is 11.7 Å². The Morgan fingerprint density at radius 3 is 1.93 bits per heavy atom. The van der Waals surface area contributed by atoms with Gasteiger partial charge in [-0.25, -0.2) is 0 Å². The summed E-state index contributed by atoms with van der Waals surface area (Å²) in [6, 6.07) is 0. The highest BCUT2D eigenvalue weighted by Crippen LogP contribution is 2.38. The Balaban J connectivity index is 1.77. The van der Waals surface area contributed by atoms with Crippen LogP contribution in [0.4, 0.5) is 0 Å². The average molecular weight is 198 g/mol. The molecule has 0 aromatic heterocycles. The molecule has 1 heterocycles. The minimum atomic E-state index is 0.211. The number of hydrogen-bond donors (Lipinski definition) is 0. The molecule has 1 atom stereocenters. The van der Waals surface area contributed by atoms with Crippen molar-refractivity contribution in [3.63, 3.8) is 0 Å². The van der Waals surface area contributed by atoms with Crippen molar-refractivity contribution >= 4 is 0 Å². The molecule has 0 aromatic carbocycles. The Morgan fingerprint density at radius 2 is 1.43 bits per heavy atom. The van der Waals surface area contributed by atoms with E-state index in [1.165, 1.54) is 51.4 Å². The lowest BCUT2D eigenvalue weighted by Gasteiger charge is -2.00. The number of rotatable bonds is 8. The fraction of sp³-hybridized carbons (Fsp3) is 1.00. The van der Waals surface area contributed by atoms with E-state index in [0.717, 1.165) is 0 Å². The molecule has 1 aliphatic rings. The van der Waals surface area contributed by atoms with Gasteiger partial charge in [0.2, 0.25) is 0 Å². The van der Waals surface area contributed by atoms with E-state index in [1.807, 2.05) is 0 Å². The van der Waals surface area contributed by atoms with Gasteiger partial charge in [0.25, 0.3) is 0 Å². The van der Waals surface area contributed by atoms with Gasteiger partial charge in [-0.1, -0.05) is 51.9 Å². The summed E-state index contributed by atoms with van der Waals surface area (Å²) in [6.07, 6.45) is 11.7. The molecule has 1 saturated heterocycles. The lowest BCUT2D eigenvalue weighted by atomic mass is 10.0. The molecule has 0 unspecified atom stereocenters. The molecule has 0 bridgehead atoms. The smallest absolute Gasteiger partial charge is 0.0892 e. The molecule has 1 nitrogen and oxygen atoms in total. The quantitative estimate of drug-likeness (QED) is 0.418. The highest BCUT2D eigenvalue weighted by molar-refractivity contribution is 4.94. The predicted octanol–water partition coefficient (Wildman–Crippen LogP) is 4.30. The lowest BCUT2D eigenvalue weighted by Crippen LogP contribution is -2.02. The zero-order valence-electron chi connectivity index (χ0n) is 10.1. The van der Waals surface area contributed by atoms with E-state index in [-0.39, 0.29) is 5.60 Å². The van der Waals surface area contributed by atoms with Crippen LogP contribution in [0.3, 0.4) is 0 Å². The minimum absolute atomic E-state index is 0.211. The molecule has 1 heteroatoms. The van der Waals surface area contributed by atoms with E-state index < -0.39 is 0 Å². The molecule has 1 fully saturated rings. The van der Waals surface area contributed by atoms with E-state index in [1.54, 1.807) is 0 Å². The first-order chi connectivity index (χ1) is 6.67. The maximum Gasteiger partial charge on any atom is 0.0892 e. The van der Waals surface area contributed by atoms with Gasteiger partial charge in [-0.05, 0) is 20.3 Å². The van der Waals surface area contributed by atoms with E-state index in [0.29, 0.717) is 6.10 Å². The first-order valence-corrected chi connectivity index (χ1v) is 6.34. The van der Waals surface area contributed by atoms with E-state index >= 15 is 0 Å². The van der Waals surface area contributed by atoms with Crippen LogP contribution in [-0.2, 0) is 4.74 Å². The van der Waals surface area contributed by atoms with Crippen molar-refractivity contribution in [1.82, 2.24) is 0 Å². The molecule has 0 spiro atoms. The van der Waals surface area contributed by atoms with Crippen LogP contribution in [0.1, 0.15) is 72.1 Å². The Hall–Kier alpha value is -0.0400. The van der Waals surface area contributed by atoms with E-state index in [4.69, 9.17) is 4.74 Å². The van der Waals surface area contributed by atoms with Gasteiger partial charge in [-0.15, -0.1) is 0 Å². The molecule has 0 radical (unpaired) electrons. The van der Waals surface area contributed by atoms with Crippen molar-refractivity contribution in [1.29, 1.82) is 0 Å². The van der Waals surface area contributed by atoms with Crippen molar-refractivity contribution in [2.24, 2.45) is 0 Å². The fourth-order valence-corrected chi connectivity index (χ4v) is 2.03. The van der Waals surface area contributed by atoms with Crippen molar-refractivity contribution in [3.8, 4) is 0 Å². The van der Waals surface area contributed by atoms with E-state index in [2.05, 4.69) is 20.8 Å². The van der Waals surface area contributed by atoms with Crippen LogP contribution < -0.4 is 0 Å². The third kappa shape index (κ3) is 4.45. The fourth-order valence-electron chi connectivity index (χ4n) is 2.03. The van der Waals surface area contributed by atoms with Gasteiger partial charge in [-0.2, -0.15) is 0 Å². The Kier molecular flexibility index (Phi) is 4.94. The van der Waals surface area contributed by atoms with Gasteiger partial charge in [0.15, 0.2) is 0 Å². The van der Waals surface area contributed by atoms with E-state index in [9.17, 15) is 0 Å². The molecule has 14 heavy (non-hydrogen) atoms. The molecule has 1 aliphatic heterocycles. The number of epoxide rings is 1. The molecule has 0 saturated carbocycles. The highest BCUT2D eigenvalue weighted by Gasteiger charge is 2.46. The molecule has 0 aromatic rings. The normalized spacial score (nSPS) is 23.8. The summed E-state index contributed by atoms with van der Waals surface area (Å²) in [4.78, 5) is 0. The third-order valence-corrected chi connectivity index (χ3v) is 3.23. The van der Waals surface area contributed by atoms with Crippen LogP contribution in [0, 0.1) is 0 Å². The van der Waals surface area contributed by atoms with Crippen molar-refractivity contribution in [2.45, 2.75) is 83.8 Å². The molecule has 0 aliphatic carbocycles. The monoisotopic (exact) mass is 198 g/mol. The number of ether oxygens (including phenoxy) is 1. The summed E-state index contributed by atoms with van der Waals surface area (Å²) in [5.41, 5.74) is 0.211. The maximum absolute atomic E-state index is 5.55. The van der Waals surface area contributed by atoms with Gasteiger partial charge in [0, 0.05) is 0 Å². The average Bonchev–Trinajstić information content (AvgIpc) is 2.73. The van der Waals surface area contributed by atoms with Crippen LogP contribution in [0.25, 0.3) is 0 Å². The molecule has 1 rings (SSSR count). The second-order valence-electron chi connectivity index (χ2n) is 5.12. The predicted molar refractivity (Wildman–Crippen MR) is 61.6 cm³/mol. The topological polar surface area (TPSA) is 12.5 Å². The molecule has 84 valence electrons. The second kappa shape index (κ2) is 5.75. The number of unbranched alkanes of at least 4 members (excludes halogenated alkanes) is 6. The molecule has 0 N–H and O–H groups in total. The first-order valence-electron chi connectivity index (χ1n) is 6.34. The summed E-state index contributed by atoms with van der Waals surface area (Å²) in [5.74, 6) is 0. The van der Waals surface area contributed by atoms with Crippen molar-refractivity contribution in [3.05, 3.63) is 0 Å². The highest BCUT2D eigenvalue weighted by atomic mass is 16.6. The summed E-state index contributed by atoms with van der Waals surface area (Å²) >= 11 is 0. The van der Waals surface area contributed by atoms with Crippen molar-refractivity contribution in [2.75, 3.05) is 0 Å². The Bertz CT molecular complexity index is 151. The van der Waals surface area contributed by atoms with Gasteiger partial charge in [0.1, 0.15) is 0 Å². The summed E-state index contributed by atoms with van der Waals surface area (Å²) in [5, 5.41) is 0. The van der Waals surface area contributed by atoms with Crippen LogP contribution in [-0.4, -0.2) is 11.7 Å². The Morgan fingerprint density at radius 1 is 0.929 bits per heavy atom. The molecular formula is C13H26O. The van der Waals surface area contributed by atoms with Crippen LogP contribution in [0.2, 0.25) is 0 Å². The summed E-state index contributed by atoms with van der Waals surface area (Å²) in [7, 11) is 0. The van der Waals surface area contributed by atoms with Crippen molar-refractivity contribution < 1.29 is 4.74 Å². The SMILES string of the molecule is CCCCCCCCC[C@@H]1OC1(C)C. The van der Waals surface area contributed by atoms with Gasteiger partial charge in [-0.3, -0.25) is 0 Å². The van der Waals surface area contributed by atoms with Gasteiger partial charge >= 0.3 is 0 Å². The van der Waals surface area contributed by atoms with Crippen LogP contribution in [0.5, 0.6) is 0 Å². The zero-order valence-corrected chi connectivity index (χ0v) is 10.1. The Labute approximate surface area is 89.2 Å². The maximum atomic E-state index is 5.55. The van der Waals surface area contributed by atoms with Gasteiger partial charge < -0.3 is 4.74 Å². The summed E-state index contributed by atoms with van der Waals surface area (Å²) in [6.45, 7) is 6.66. The second-order valence-corrected chi connectivity index (χ2v) is 5.12. The third-order valence-electron chi connectivity index (χ3n) is 3.23. The lowest BCUT2D eigenvalue weighted by molar-refractivity contribution is 0.317. The minimum Gasteiger partial charge on any atom is -0.367 e. The first kappa shape index (κ1) is 12.0. The number of hydrogen-bond acceptors (Lipinski definition) is 1. The van der Waals surface area contributed by atoms with Crippen LogP contribution >= 0.6 is 0 Å². The van der Waals surface area contributed by atoms with Crippen LogP contribution in [0.15, 0.2) is 0 Å². The standard InChI is InChI=1S/C13H26O/c1-4-5-6-7-8-9-10-11-12-13(2,3)14-12/h12H,4-11H2,1-3H3/t12-/m0/s1. The molecular weight excluding hydrogens is 172 g/mol.